The Hall–Kier alpha value is -2.83. The van der Waals surface area contributed by atoms with Gasteiger partial charge in [-0.15, -0.1) is 0 Å². The molecule has 0 bridgehead atoms. The third kappa shape index (κ3) is 5.57. The van der Waals surface area contributed by atoms with Crippen molar-refractivity contribution in [2.75, 3.05) is 6.61 Å². The lowest BCUT2D eigenvalue weighted by atomic mass is 9.93. The van der Waals surface area contributed by atoms with Crippen molar-refractivity contribution in [3.63, 3.8) is 0 Å². The predicted octanol–water partition coefficient (Wildman–Crippen LogP) is 7.05. The van der Waals surface area contributed by atoms with Gasteiger partial charge in [-0.3, -0.25) is 9.59 Å². The molecule has 33 heavy (non-hydrogen) atoms. The molecule has 0 saturated carbocycles. The van der Waals surface area contributed by atoms with Gasteiger partial charge in [-0.05, 0) is 61.2 Å². The number of carbonyl (C=O) groups is 2. The minimum absolute atomic E-state index is 0.0773. The maximum absolute atomic E-state index is 12.6. The van der Waals surface area contributed by atoms with Crippen molar-refractivity contribution < 1.29 is 24.2 Å². The maximum atomic E-state index is 12.6. The first-order chi connectivity index (χ1) is 15.9. The van der Waals surface area contributed by atoms with Gasteiger partial charge < -0.3 is 14.6 Å². The van der Waals surface area contributed by atoms with Crippen LogP contribution < -0.4 is 9.47 Å². The number of hydrogen-bond donors (Lipinski definition) is 1. The summed E-state index contributed by atoms with van der Waals surface area (Å²) in [5, 5.41) is 9.72. The highest BCUT2D eigenvalue weighted by molar-refractivity contribution is 9.10. The van der Waals surface area contributed by atoms with Crippen LogP contribution in [0.2, 0.25) is 5.02 Å². The van der Waals surface area contributed by atoms with E-state index >= 15 is 0 Å². The standard InChI is InChI=1S/C26H22BrClO5/c27-21-6-2-1-4-16(21)5-3-7-23(29)17-8-10-18(11-9-17)33-25-15-24-20(14-22(25)28)19(26(30)31)12-13-32-24/h1-2,4,6,8-11,14-15,19H,3,5,7,12-13H2,(H,30,31). The van der Waals surface area contributed by atoms with Gasteiger partial charge in [-0.25, -0.2) is 0 Å². The number of ether oxygens (including phenoxy) is 2. The van der Waals surface area contributed by atoms with Gasteiger partial charge in [-0.2, -0.15) is 0 Å². The Morgan fingerprint density at radius 1 is 1.12 bits per heavy atom. The SMILES string of the molecule is O=C(CCCc1ccccc1Br)c1ccc(Oc2cc3c(cc2Cl)C(C(=O)O)CCO3)cc1. The van der Waals surface area contributed by atoms with Gasteiger partial charge in [0.05, 0.1) is 17.5 Å². The molecule has 1 atom stereocenters. The van der Waals surface area contributed by atoms with Gasteiger partial charge in [0, 0.05) is 28.1 Å². The predicted molar refractivity (Wildman–Crippen MR) is 130 cm³/mol. The molecule has 5 nitrogen and oxygen atoms in total. The van der Waals surface area contributed by atoms with E-state index in [1.807, 2.05) is 18.2 Å². The van der Waals surface area contributed by atoms with Gasteiger partial charge in [0.25, 0.3) is 0 Å². The Morgan fingerprint density at radius 3 is 2.61 bits per heavy atom. The number of aryl methyl sites for hydroxylation is 1. The summed E-state index contributed by atoms with van der Waals surface area (Å²) in [6, 6.07) is 18.1. The van der Waals surface area contributed by atoms with E-state index in [9.17, 15) is 14.7 Å². The minimum atomic E-state index is -0.902. The van der Waals surface area contributed by atoms with Crippen LogP contribution in [-0.4, -0.2) is 23.5 Å². The van der Waals surface area contributed by atoms with E-state index in [1.165, 1.54) is 5.56 Å². The van der Waals surface area contributed by atoms with Crippen molar-refractivity contribution in [2.24, 2.45) is 0 Å². The number of carboxylic acid groups (broad SMARTS) is 1. The second-order valence-corrected chi connectivity index (χ2v) is 9.10. The minimum Gasteiger partial charge on any atom is -0.493 e. The summed E-state index contributed by atoms with van der Waals surface area (Å²) in [6.07, 6.45) is 2.45. The summed E-state index contributed by atoms with van der Waals surface area (Å²) >= 11 is 9.89. The second kappa shape index (κ2) is 10.4. The molecular formula is C26H22BrClO5. The first-order valence-electron chi connectivity index (χ1n) is 10.7. The quantitative estimate of drug-likeness (QED) is 0.317. The zero-order valence-corrected chi connectivity index (χ0v) is 20.1. The number of rotatable bonds is 8. The molecule has 0 spiro atoms. The monoisotopic (exact) mass is 528 g/mol. The molecule has 7 heteroatoms. The summed E-state index contributed by atoms with van der Waals surface area (Å²) in [5.41, 5.74) is 2.36. The Kier molecular flexibility index (Phi) is 7.36. The molecule has 3 aromatic carbocycles. The van der Waals surface area contributed by atoms with Crippen molar-refractivity contribution in [3.8, 4) is 17.2 Å². The number of aliphatic carboxylic acids is 1. The summed E-state index contributed by atoms with van der Waals surface area (Å²) in [5.74, 6) is -0.117. The van der Waals surface area contributed by atoms with E-state index in [1.54, 1.807) is 36.4 Å². The van der Waals surface area contributed by atoms with Crippen molar-refractivity contribution in [3.05, 3.63) is 86.8 Å². The van der Waals surface area contributed by atoms with Gasteiger partial charge in [0.2, 0.25) is 0 Å². The highest BCUT2D eigenvalue weighted by atomic mass is 79.9. The maximum Gasteiger partial charge on any atom is 0.311 e. The van der Waals surface area contributed by atoms with Gasteiger partial charge >= 0.3 is 5.97 Å². The number of ketones is 1. The Labute approximate surface area is 205 Å². The smallest absolute Gasteiger partial charge is 0.311 e. The number of halogens is 2. The van der Waals surface area contributed by atoms with Gasteiger partial charge in [0.1, 0.15) is 17.2 Å². The summed E-state index contributed by atoms with van der Waals surface area (Å²) in [6.45, 7) is 0.322. The molecule has 3 aromatic rings. The van der Waals surface area contributed by atoms with Crippen LogP contribution in [0.4, 0.5) is 0 Å². The van der Waals surface area contributed by atoms with Crippen LogP contribution in [0.5, 0.6) is 17.2 Å². The normalized spacial score (nSPS) is 14.8. The van der Waals surface area contributed by atoms with E-state index in [0.717, 1.165) is 17.3 Å². The van der Waals surface area contributed by atoms with Crippen molar-refractivity contribution in [1.82, 2.24) is 0 Å². The molecule has 0 amide bonds. The molecule has 4 rings (SSSR count). The van der Waals surface area contributed by atoms with Crippen LogP contribution in [0.25, 0.3) is 0 Å². The molecule has 0 saturated heterocycles. The first-order valence-corrected chi connectivity index (χ1v) is 11.8. The van der Waals surface area contributed by atoms with Crippen molar-refractivity contribution in [1.29, 1.82) is 0 Å². The fourth-order valence-electron chi connectivity index (χ4n) is 3.85. The van der Waals surface area contributed by atoms with Crippen molar-refractivity contribution >= 4 is 39.3 Å². The zero-order valence-electron chi connectivity index (χ0n) is 17.7. The molecule has 1 heterocycles. The summed E-state index contributed by atoms with van der Waals surface area (Å²) < 4.78 is 12.6. The van der Waals surface area contributed by atoms with Crippen LogP contribution >= 0.6 is 27.5 Å². The van der Waals surface area contributed by atoms with E-state index in [-0.39, 0.29) is 5.78 Å². The van der Waals surface area contributed by atoms with Gasteiger partial charge in [-0.1, -0.05) is 45.7 Å². The number of Topliss-reactive ketones (excluding diaryl/α,β-unsaturated/α-hetero) is 1. The van der Waals surface area contributed by atoms with E-state index < -0.39 is 11.9 Å². The fraction of sp³-hybridized carbons (Fsp3) is 0.231. The Bertz CT molecular complexity index is 1180. The zero-order chi connectivity index (χ0) is 23.4. The fourth-order valence-corrected chi connectivity index (χ4v) is 4.54. The molecule has 1 aliphatic heterocycles. The summed E-state index contributed by atoms with van der Waals surface area (Å²) in [4.78, 5) is 24.0. The largest absolute Gasteiger partial charge is 0.493 e. The molecular weight excluding hydrogens is 508 g/mol. The lowest BCUT2D eigenvalue weighted by Gasteiger charge is -2.24. The number of fused-ring (bicyclic) bond motifs is 1. The lowest BCUT2D eigenvalue weighted by Crippen LogP contribution is -2.20. The van der Waals surface area contributed by atoms with Crippen LogP contribution in [0.1, 0.15) is 46.7 Å². The van der Waals surface area contributed by atoms with Crippen LogP contribution in [0, 0.1) is 0 Å². The lowest BCUT2D eigenvalue weighted by molar-refractivity contribution is -0.139. The molecule has 0 aromatic heterocycles. The third-order valence-corrected chi connectivity index (χ3v) is 6.68. The molecule has 0 aliphatic carbocycles. The molecule has 1 unspecified atom stereocenters. The Morgan fingerprint density at radius 2 is 1.88 bits per heavy atom. The highest BCUT2D eigenvalue weighted by Crippen LogP contribution is 2.41. The second-order valence-electron chi connectivity index (χ2n) is 7.84. The number of hydrogen-bond acceptors (Lipinski definition) is 4. The third-order valence-electron chi connectivity index (χ3n) is 5.61. The van der Waals surface area contributed by atoms with Crippen LogP contribution in [0.3, 0.4) is 0 Å². The average molecular weight is 530 g/mol. The molecule has 1 N–H and O–H groups in total. The Balaban J connectivity index is 1.39. The van der Waals surface area contributed by atoms with Crippen LogP contribution in [-0.2, 0) is 11.2 Å². The van der Waals surface area contributed by atoms with E-state index in [0.29, 0.717) is 52.8 Å². The van der Waals surface area contributed by atoms with E-state index in [2.05, 4.69) is 22.0 Å². The summed E-state index contributed by atoms with van der Waals surface area (Å²) in [7, 11) is 0. The average Bonchev–Trinajstić information content (AvgIpc) is 2.80. The topological polar surface area (TPSA) is 72.8 Å². The van der Waals surface area contributed by atoms with Crippen molar-refractivity contribution in [2.45, 2.75) is 31.6 Å². The number of carboxylic acids is 1. The van der Waals surface area contributed by atoms with Gasteiger partial charge in [0.15, 0.2) is 5.78 Å². The molecule has 0 radical (unpaired) electrons. The number of benzene rings is 3. The molecule has 170 valence electrons. The van der Waals surface area contributed by atoms with Crippen LogP contribution in [0.15, 0.2) is 65.1 Å². The highest BCUT2D eigenvalue weighted by Gasteiger charge is 2.29. The molecule has 0 fully saturated rings. The van der Waals surface area contributed by atoms with E-state index in [4.69, 9.17) is 21.1 Å². The molecule has 1 aliphatic rings. The number of carbonyl (C=O) groups excluding carboxylic acids is 1. The first kappa shape index (κ1) is 23.3.